The van der Waals surface area contributed by atoms with Gasteiger partial charge in [0.15, 0.2) is 0 Å². The molecule has 5 nitrogen and oxygen atoms in total. The summed E-state index contributed by atoms with van der Waals surface area (Å²) < 4.78 is 1.80. The zero-order valence-corrected chi connectivity index (χ0v) is 7.77. The molecule has 3 rings (SSSR count). The van der Waals surface area contributed by atoms with Crippen LogP contribution in [-0.4, -0.2) is 14.4 Å². The molecular weight excluding hydrogens is 192 g/mol. The summed E-state index contributed by atoms with van der Waals surface area (Å²) in [5.41, 5.74) is 7.83. The van der Waals surface area contributed by atoms with Gasteiger partial charge < -0.3 is 5.73 Å². The molecule has 15 heavy (non-hydrogen) atoms. The molecule has 2 heterocycles. The summed E-state index contributed by atoms with van der Waals surface area (Å²) in [6.45, 7) is 0. The van der Waals surface area contributed by atoms with Gasteiger partial charge in [0, 0.05) is 12.3 Å². The Hall–Kier alpha value is -2.30. The number of nitrogens with two attached hydrogens (primary N) is 1. The Kier molecular flexibility index (Phi) is 1.39. The third-order valence-corrected chi connectivity index (χ3v) is 2.36. The van der Waals surface area contributed by atoms with Gasteiger partial charge in [-0.15, -0.1) is 0 Å². The molecule has 5 heteroatoms. The number of nitrogens with one attached hydrogen (secondary N) is 1. The van der Waals surface area contributed by atoms with Gasteiger partial charge in [-0.3, -0.25) is 14.2 Å². The first-order valence-electron chi connectivity index (χ1n) is 4.51. The summed E-state index contributed by atoms with van der Waals surface area (Å²) in [6, 6.07) is 7.01. The zero-order valence-electron chi connectivity index (χ0n) is 7.77. The Labute approximate surface area is 84.2 Å². The first-order chi connectivity index (χ1) is 7.25. The fourth-order valence-electron chi connectivity index (χ4n) is 1.67. The van der Waals surface area contributed by atoms with Crippen molar-refractivity contribution < 1.29 is 0 Å². The third-order valence-electron chi connectivity index (χ3n) is 2.36. The van der Waals surface area contributed by atoms with E-state index in [9.17, 15) is 4.79 Å². The molecule has 0 bridgehead atoms. The van der Waals surface area contributed by atoms with Crippen LogP contribution in [0.25, 0.3) is 16.8 Å². The van der Waals surface area contributed by atoms with Crippen molar-refractivity contribution in [1.29, 1.82) is 0 Å². The van der Waals surface area contributed by atoms with Gasteiger partial charge in [0.1, 0.15) is 5.52 Å². The molecule has 0 atom stereocenters. The van der Waals surface area contributed by atoms with E-state index in [1.807, 2.05) is 12.1 Å². The van der Waals surface area contributed by atoms with E-state index in [0.717, 1.165) is 5.52 Å². The Morgan fingerprint density at radius 2 is 2.20 bits per heavy atom. The van der Waals surface area contributed by atoms with Gasteiger partial charge >= 0.3 is 0 Å². The average Bonchev–Trinajstić information content (AvgIpc) is 2.57. The summed E-state index contributed by atoms with van der Waals surface area (Å²) in [5.74, 6) is 0.510. The minimum absolute atomic E-state index is 0.170. The number of aromatic amines is 1. The van der Waals surface area contributed by atoms with Crippen molar-refractivity contribution in [3.63, 3.8) is 0 Å². The number of fused-ring (bicyclic) bond motifs is 3. The molecule has 0 saturated carbocycles. The van der Waals surface area contributed by atoms with E-state index < -0.39 is 0 Å². The fourth-order valence-corrected chi connectivity index (χ4v) is 1.67. The van der Waals surface area contributed by atoms with Crippen LogP contribution in [-0.2, 0) is 0 Å². The van der Waals surface area contributed by atoms with Crippen LogP contribution in [0.4, 0.5) is 5.69 Å². The molecule has 0 amide bonds. The lowest BCUT2D eigenvalue weighted by molar-refractivity contribution is 1.10. The van der Waals surface area contributed by atoms with E-state index >= 15 is 0 Å². The van der Waals surface area contributed by atoms with Gasteiger partial charge in [-0.1, -0.05) is 6.07 Å². The van der Waals surface area contributed by atoms with Crippen LogP contribution in [0.3, 0.4) is 0 Å². The molecule has 0 aliphatic heterocycles. The predicted octanol–water partition coefficient (Wildman–Crippen LogP) is 0.758. The van der Waals surface area contributed by atoms with E-state index in [4.69, 9.17) is 5.73 Å². The molecule has 0 fully saturated rings. The highest BCUT2D eigenvalue weighted by atomic mass is 16.1. The van der Waals surface area contributed by atoms with E-state index in [2.05, 4.69) is 9.97 Å². The predicted molar refractivity (Wildman–Crippen MR) is 57.7 cm³/mol. The van der Waals surface area contributed by atoms with E-state index in [1.165, 1.54) is 6.07 Å². The highest BCUT2D eigenvalue weighted by Gasteiger charge is 2.06. The summed E-state index contributed by atoms with van der Waals surface area (Å²) in [6.07, 6.45) is 1.68. The monoisotopic (exact) mass is 200 g/mol. The maximum atomic E-state index is 11.1. The molecule has 0 aliphatic carbocycles. The van der Waals surface area contributed by atoms with Gasteiger partial charge in [-0.05, 0) is 12.1 Å². The summed E-state index contributed by atoms with van der Waals surface area (Å²) in [5, 5.41) is 0. The van der Waals surface area contributed by atoms with Gasteiger partial charge in [0.05, 0.1) is 11.2 Å². The van der Waals surface area contributed by atoms with Crippen molar-refractivity contribution in [2.45, 2.75) is 0 Å². The number of rotatable bonds is 0. The number of nitrogen functional groups attached to an aromatic ring is 1. The minimum atomic E-state index is -0.170. The van der Waals surface area contributed by atoms with Gasteiger partial charge in [-0.25, -0.2) is 4.98 Å². The molecule has 1 aromatic carbocycles. The van der Waals surface area contributed by atoms with E-state index in [-0.39, 0.29) is 5.56 Å². The van der Waals surface area contributed by atoms with Crippen LogP contribution in [0.1, 0.15) is 0 Å². The summed E-state index contributed by atoms with van der Waals surface area (Å²) in [7, 11) is 0. The smallest absolute Gasteiger partial charge is 0.252 e. The maximum absolute atomic E-state index is 11.1. The summed E-state index contributed by atoms with van der Waals surface area (Å²) in [4.78, 5) is 18.0. The second kappa shape index (κ2) is 2.60. The number of nitrogens with zero attached hydrogens (tertiary/aromatic N) is 2. The molecule has 3 aromatic rings. The SMILES string of the molecule is Nc1cccc2c1nc1[nH]c(=O)ccn12. The van der Waals surface area contributed by atoms with Crippen LogP contribution < -0.4 is 11.3 Å². The fraction of sp³-hybridized carbons (Fsp3) is 0. The second-order valence-electron chi connectivity index (χ2n) is 3.33. The molecule has 0 saturated heterocycles. The number of hydrogen-bond donors (Lipinski definition) is 2. The minimum Gasteiger partial charge on any atom is -0.397 e. The second-order valence-corrected chi connectivity index (χ2v) is 3.33. The molecule has 3 N–H and O–H groups in total. The van der Waals surface area contributed by atoms with Crippen molar-refractivity contribution in [3.05, 3.63) is 40.8 Å². The van der Waals surface area contributed by atoms with E-state index in [1.54, 1.807) is 16.7 Å². The normalized spacial score (nSPS) is 11.2. The first-order valence-corrected chi connectivity index (χ1v) is 4.51. The summed E-state index contributed by atoms with van der Waals surface area (Å²) >= 11 is 0. The lowest BCUT2D eigenvalue weighted by Crippen LogP contribution is -2.05. The molecule has 0 spiro atoms. The third kappa shape index (κ3) is 1.03. The number of benzene rings is 1. The zero-order chi connectivity index (χ0) is 10.4. The van der Waals surface area contributed by atoms with Gasteiger partial charge in [0.2, 0.25) is 5.78 Å². The van der Waals surface area contributed by atoms with Crippen molar-refractivity contribution >= 4 is 22.5 Å². The molecule has 0 aliphatic rings. The molecule has 2 aromatic heterocycles. The van der Waals surface area contributed by atoms with Crippen LogP contribution >= 0.6 is 0 Å². The van der Waals surface area contributed by atoms with Crippen LogP contribution in [0, 0.1) is 0 Å². The highest BCUT2D eigenvalue weighted by molar-refractivity contribution is 5.89. The Bertz CT molecular complexity index is 710. The lowest BCUT2D eigenvalue weighted by atomic mass is 10.3. The number of hydrogen-bond acceptors (Lipinski definition) is 3. The van der Waals surface area contributed by atoms with Crippen molar-refractivity contribution in [2.24, 2.45) is 0 Å². The maximum Gasteiger partial charge on any atom is 0.252 e. The van der Waals surface area contributed by atoms with Crippen molar-refractivity contribution in [3.8, 4) is 0 Å². The Morgan fingerprint density at radius 1 is 1.33 bits per heavy atom. The highest BCUT2D eigenvalue weighted by Crippen LogP contribution is 2.19. The quantitative estimate of drug-likeness (QED) is 0.526. The number of imidazole rings is 1. The molecule has 74 valence electrons. The number of para-hydroxylation sites is 1. The van der Waals surface area contributed by atoms with Crippen molar-refractivity contribution in [1.82, 2.24) is 14.4 Å². The Morgan fingerprint density at radius 3 is 3.07 bits per heavy atom. The Balaban J connectivity index is 2.63. The topological polar surface area (TPSA) is 76.2 Å². The molecular formula is C10H8N4O. The van der Waals surface area contributed by atoms with Crippen LogP contribution in [0.2, 0.25) is 0 Å². The molecule has 0 unspecified atom stereocenters. The number of aromatic nitrogens is 3. The van der Waals surface area contributed by atoms with Gasteiger partial charge in [0.25, 0.3) is 5.56 Å². The number of anilines is 1. The number of H-pyrrole nitrogens is 1. The van der Waals surface area contributed by atoms with Crippen molar-refractivity contribution in [2.75, 3.05) is 5.73 Å². The largest absolute Gasteiger partial charge is 0.397 e. The average molecular weight is 200 g/mol. The van der Waals surface area contributed by atoms with E-state index in [0.29, 0.717) is 17.0 Å². The molecule has 0 radical (unpaired) electrons. The lowest BCUT2D eigenvalue weighted by Gasteiger charge is -1.94. The van der Waals surface area contributed by atoms with Crippen LogP contribution in [0.5, 0.6) is 0 Å². The first kappa shape index (κ1) is 8.05. The van der Waals surface area contributed by atoms with Crippen LogP contribution in [0.15, 0.2) is 35.3 Å². The van der Waals surface area contributed by atoms with Gasteiger partial charge in [-0.2, -0.15) is 0 Å². The standard InChI is InChI=1S/C10H8N4O/c11-6-2-1-3-7-9(6)13-10-12-8(15)4-5-14(7)10/h1-5H,11H2,(H,12,13,15).